The summed E-state index contributed by atoms with van der Waals surface area (Å²) in [7, 11) is 0. The first-order valence-corrected chi connectivity index (χ1v) is 8.15. The second-order valence-corrected chi connectivity index (χ2v) is 5.84. The van der Waals surface area contributed by atoms with Crippen molar-refractivity contribution in [1.29, 1.82) is 0 Å². The Bertz CT molecular complexity index is 499. The first-order valence-electron chi connectivity index (χ1n) is 8.15. The van der Waals surface area contributed by atoms with E-state index in [1.807, 2.05) is 18.2 Å². The zero-order valence-electron chi connectivity index (χ0n) is 13.3. The molecule has 0 saturated carbocycles. The number of likely N-dealkylation sites (tertiary alicyclic amines) is 1. The molecule has 0 bridgehead atoms. The van der Waals surface area contributed by atoms with E-state index >= 15 is 0 Å². The molecule has 1 aliphatic heterocycles. The van der Waals surface area contributed by atoms with Crippen LogP contribution in [-0.4, -0.2) is 54.1 Å². The van der Waals surface area contributed by atoms with E-state index in [4.69, 9.17) is 5.11 Å². The number of nitrogens with zero attached hydrogens (tertiary/aromatic N) is 1. The van der Waals surface area contributed by atoms with Gasteiger partial charge in [0.05, 0.1) is 0 Å². The van der Waals surface area contributed by atoms with Crippen molar-refractivity contribution in [3.8, 4) is 0 Å². The number of carbonyl (C=O) groups is 2. The van der Waals surface area contributed by atoms with Gasteiger partial charge in [-0.15, -0.1) is 0 Å². The normalized spacial score (nSPS) is 16.0. The molecule has 0 spiro atoms. The summed E-state index contributed by atoms with van der Waals surface area (Å²) in [5.74, 6) is -1.20. The number of hydrogen-bond acceptors (Lipinski definition) is 4. The van der Waals surface area contributed by atoms with Crippen molar-refractivity contribution in [3.63, 3.8) is 0 Å². The predicted molar refractivity (Wildman–Crippen MR) is 87.6 cm³/mol. The van der Waals surface area contributed by atoms with E-state index in [0.29, 0.717) is 13.0 Å². The molecule has 1 heterocycles. The molecule has 2 rings (SSSR count). The number of aliphatic hydroxyl groups excluding tert-OH is 1. The Hall–Kier alpha value is -1.92. The van der Waals surface area contributed by atoms with Crippen LogP contribution in [0.25, 0.3) is 0 Å². The van der Waals surface area contributed by atoms with Gasteiger partial charge in [0.2, 0.25) is 0 Å². The number of hydrogen-bond donors (Lipinski definition) is 3. The lowest BCUT2D eigenvalue weighted by Gasteiger charge is -2.32. The smallest absolute Gasteiger partial charge is 0.309 e. The quantitative estimate of drug-likeness (QED) is 0.519. The minimum absolute atomic E-state index is 0.00176. The van der Waals surface area contributed by atoms with Gasteiger partial charge in [-0.3, -0.25) is 14.5 Å². The Morgan fingerprint density at radius 3 is 2.48 bits per heavy atom. The summed E-state index contributed by atoms with van der Waals surface area (Å²) in [6, 6.07) is 10.4. The summed E-state index contributed by atoms with van der Waals surface area (Å²) in [4.78, 5) is 25.7. The van der Waals surface area contributed by atoms with Crippen LogP contribution in [0.4, 0.5) is 0 Å². The van der Waals surface area contributed by atoms with Crippen LogP contribution >= 0.6 is 0 Å². The van der Waals surface area contributed by atoms with Crippen LogP contribution in [0.5, 0.6) is 0 Å². The number of rotatable bonds is 6. The van der Waals surface area contributed by atoms with E-state index in [2.05, 4.69) is 27.7 Å². The molecule has 0 unspecified atom stereocenters. The van der Waals surface area contributed by atoms with E-state index in [-0.39, 0.29) is 12.6 Å². The minimum atomic E-state index is -0.620. The molecule has 6 heteroatoms. The molecular formula is C17H25N3O3. The fourth-order valence-corrected chi connectivity index (χ4v) is 2.69. The first kappa shape index (κ1) is 17.4. The lowest BCUT2D eigenvalue weighted by Crippen LogP contribution is -2.49. The molecule has 0 radical (unpaired) electrons. The van der Waals surface area contributed by atoms with Crippen LogP contribution < -0.4 is 10.6 Å². The van der Waals surface area contributed by atoms with E-state index in [1.165, 1.54) is 5.56 Å². The highest BCUT2D eigenvalue weighted by molar-refractivity contribution is 6.35. The van der Waals surface area contributed by atoms with Crippen molar-refractivity contribution in [3.05, 3.63) is 35.9 Å². The van der Waals surface area contributed by atoms with Crippen LogP contribution in [0.15, 0.2) is 30.3 Å². The number of benzene rings is 1. The maximum Gasteiger partial charge on any atom is 0.309 e. The van der Waals surface area contributed by atoms with E-state index in [0.717, 1.165) is 32.5 Å². The van der Waals surface area contributed by atoms with Crippen LogP contribution in [0.3, 0.4) is 0 Å². The van der Waals surface area contributed by atoms with Crippen LogP contribution in [0, 0.1) is 0 Å². The Kier molecular flexibility index (Phi) is 7.03. The van der Waals surface area contributed by atoms with Crippen LogP contribution in [-0.2, 0) is 16.1 Å². The maximum absolute atomic E-state index is 11.8. The third kappa shape index (κ3) is 6.00. The SMILES string of the molecule is O=C(NCCCO)C(=O)NC1CCN(Cc2ccccc2)CC1. The molecular weight excluding hydrogens is 294 g/mol. The first-order chi connectivity index (χ1) is 11.2. The monoisotopic (exact) mass is 319 g/mol. The Labute approximate surface area is 136 Å². The summed E-state index contributed by atoms with van der Waals surface area (Å²) in [5, 5.41) is 13.9. The van der Waals surface area contributed by atoms with Crippen molar-refractivity contribution < 1.29 is 14.7 Å². The van der Waals surface area contributed by atoms with Gasteiger partial charge in [-0.2, -0.15) is 0 Å². The third-order valence-corrected chi connectivity index (χ3v) is 4.00. The Balaban J connectivity index is 1.68. The molecule has 1 saturated heterocycles. The van der Waals surface area contributed by atoms with Crippen LogP contribution in [0.2, 0.25) is 0 Å². The van der Waals surface area contributed by atoms with E-state index in [9.17, 15) is 9.59 Å². The van der Waals surface area contributed by atoms with Crippen LogP contribution in [0.1, 0.15) is 24.8 Å². The number of amides is 2. The van der Waals surface area contributed by atoms with E-state index in [1.54, 1.807) is 0 Å². The molecule has 0 atom stereocenters. The van der Waals surface area contributed by atoms with Crippen molar-refractivity contribution in [2.24, 2.45) is 0 Å². The molecule has 1 fully saturated rings. The second kappa shape index (κ2) is 9.27. The van der Waals surface area contributed by atoms with Crippen molar-refractivity contribution in [1.82, 2.24) is 15.5 Å². The zero-order chi connectivity index (χ0) is 16.5. The van der Waals surface area contributed by atoms with Gasteiger partial charge in [0, 0.05) is 38.8 Å². The highest BCUT2D eigenvalue weighted by Gasteiger charge is 2.23. The van der Waals surface area contributed by atoms with Gasteiger partial charge in [-0.05, 0) is 24.8 Å². The fraction of sp³-hybridized carbons (Fsp3) is 0.529. The average Bonchev–Trinajstić information content (AvgIpc) is 2.57. The van der Waals surface area contributed by atoms with Gasteiger partial charge in [0.1, 0.15) is 0 Å². The predicted octanol–water partition coefficient (Wildman–Crippen LogP) is 0.266. The molecule has 0 aromatic heterocycles. The highest BCUT2D eigenvalue weighted by atomic mass is 16.3. The zero-order valence-corrected chi connectivity index (χ0v) is 13.3. The molecule has 23 heavy (non-hydrogen) atoms. The lowest BCUT2D eigenvalue weighted by molar-refractivity contribution is -0.139. The Morgan fingerprint density at radius 2 is 1.83 bits per heavy atom. The number of carbonyl (C=O) groups excluding carboxylic acids is 2. The molecule has 2 amide bonds. The summed E-state index contributed by atoms with van der Waals surface area (Å²) in [5.41, 5.74) is 1.29. The number of aliphatic hydroxyl groups is 1. The third-order valence-electron chi connectivity index (χ3n) is 4.00. The van der Waals surface area contributed by atoms with Gasteiger partial charge in [0.15, 0.2) is 0 Å². The molecule has 6 nitrogen and oxygen atoms in total. The standard InChI is InChI=1S/C17H25N3O3/c21-12-4-9-18-16(22)17(23)19-15-7-10-20(11-8-15)13-14-5-2-1-3-6-14/h1-3,5-6,15,21H,4,7-13H2,(H,18,22)(H,19,23). The summed E-state index contributed by atoms with van der Waals surface area (Å²) >= 11 is 0. The molecule has 1 aromatic carbocycles. The maximum atomic E-state index is 11.8. The fourth-order valence-electron chi connectivity index (χ4n) is 2.69. The van der Waals surface area contributed by atoms with Crippen molar-refractivity contribution in [2.75, 3.05) is 26.2 Å². The Morgan fingerprint density at radius 1 is 1.13 bits per heavy atom. The van der Waals surface area contributed by atoms with Gasteiger partial charge >= 0.3 is 11.8 Å². The average molecular weight is 319 g/mol. The topological polar surface area (TPSA) is 81.7 Å². The van der Waals surface area contributed by atoms with Gasteiger partial charge in [-0.25, -0.2) is 0 Å². The second-order valence-electron chi connectivity index (χ2n) is 5.84. The number of nitrogens with one attached hydrogen (secondary N) is 2. The molecule has 1 aromatic rings. The lowest BCUT2D eigenvalue weighted by atomic mass is 10.0. The van der Waals surface area contributed by atoms with Crippen molar-refractivity contribution >= 4 is 11.8 Å². The summed E-state index contributed by atoms with van der Waals surface area (Å²) < 4.78 is 0. The molecule has 0 aliphatic carbocycles. The van der Waals surface area contributed by atoms with Gasteiger partial charge in [0.25, 0.3) is 0 Å². The largest absolute Gasteiger partial charge is 0.396 e. The summed E-state index contributed by atoms with van der Waals surface area (Å²) in [6.07, 6.45) is 2.15. The number of piperidine rings is 1. The minimum Gasteiger partial charge on any atom is -0.396 e. The highest BCUT2D eigenvalue weighted by Crippen LogP contribution is 2.13. The van der Waals surface area contributed by atoms with Crippen molar-refractivity contribution in [2.45, 2.75) is 31.8 Å². The molecule has 126 valence electrons. The van der Waals surface area contributed by atoms with E-state index < -0.39 is 11.8 Å². The van der Waals surface area contributed by atoms with Gasteiger partial charge < -0.3 is 15.7 Å². The summed E-state index contributed by atoms with van der Waals surface area (Å²) in [6.45, 7) is 3.06. The molecule has 1 aliphatic rings. The van der Waals surface area contributed by atoms with Gasteiger partial charge in [-0.1, -0.05) is 30.3 Å². The molecule has 3 N–H and O–H groups in total.